The zero-order valence-corrected chi connectivity index (χ0v) is 16.9. The van der Waals surface area contributed by atoms with Crippen molar-refractivity contribution in [1.29, 1.82) is 0 Å². The van der Waals surface area contributed by atoms with Crippen LogP contribution in [0.3, 0.4) is 0 Å². The zero-order chi connectivity index (χ0) is 20.9. The largest absolute Gasteiger partial charge is 0.323 e. The van der Waals surface area contributed by atoms with Crippen molar-refractivity contribution in [1.82, 2.24) is 19.3 Å². The number of sulfonamides is 1. The molecule has 0 saturated heterocycles. The third-order valence-electron chi connectivity index (χ3n) is 4.05. The molecule has 2 aromatic carbocycles. The van der Waals surface area contributed by atoms with Crippen molar-refractivity contribution in [3.8, 4) is 0 Å². The molecule has 0 spiro atoms. The van der Waals surface area contributed by atoms with Gasteiger partial charge in [0.25, 0.3) is 0 Å². The summed E-state index contributed by atoms with van der Waals surface area (Å²) in [4.78, 5) is 12.3. The Kier molecular flexibility index (Phi) is 6.20. The van der Waals surface area contributed by atoms with Crippen molar-refractivity contribution >= 4 is 27.7 Å². The van der Waals surface area contributed by atoms with Crippen molar-refractivity contribution in [2.75, 3.05) is 19.4 Å². The third kappa shape index (κ3) is 5.37. The average Bonchev–Trinajstić information content (AvgIpc) is 3.15. The van der Waals surface area contributed by atoms with E-state index in [-0.39, 0.29) is 10.8 Å². The van der Waals surface area contributed by atoms with Gasteiger partial charge in [-0.15, -0.1) is 5.10 Å². The maximum absolute atomic E-state index is 12.1. The summed E-state index contributed by atoms with van der Waals surface area (Å²) in [7, 11) is -0.571. The third-order valence-corrected chi connectivity index (χ3v) is 5.88. The first-order chi connectivity index (χ1) is 13.8. The number of nitrogens with zero attached hydrogens (tertiary/aromatic N) is 4. The van der Waals surface area contributed by atoms with Gasteiger partial charge in [0.1, 0.15) is 5.69 Å². The molecule has 8 nitrogen and oxygen atoms in total. The van der Waals surface area contributed by atoms with E-state index < -0.39 is 10.0 Å². The Morgan fingerprint density at radius 1 is 1.10 bits per heavy atom. The van der Waals surface area contributed by atoms with E-state index in [4.69, 9.17) is 0 Å². The SMILES string of the molecule is CN(C)S(=O)(=O)c1ccc(NC(=O)/C=C/c2cn(Cc3ccccc3)nn2)cc1. The Balaban J connectivity index is 1.59. The van der Waals surface area contributed by atoms with Crippen LogP contribution < -0.4 is 5.32 Å². The van der Waals surface area contributed by atoms with Gasteiger partial charge in [-0.1, -0.05) is 35.5 Å². The van der Waals surface area contributed by atoms with E-state index >= 15 is 0 Å². The molecule has 0 unspecified atom stereocenters. The summed E-state index contributed by atoms with van der Waals surface area (Å²) in [5.74, 6) is -0.356. The fraction of sp³-hybridized carbons (Fsp3) is 0.150. The lowest BCUT2D eigenvalue weighted by molar-refractivity contribution is -0.111. The molecular weight excluding hydrogens is 390 g/mol. The van der Waals surface area contributed by atoms with E-state index in [0.29, 0.717) is 17.9 Å². The molecule has 3 rings (SSSR count). The zero-order valence-electron chi connectivity index (χ0n) is 16.1. The van der Waals surface area contributed by atoms with E-state index in [2.05, 4.69) is 15.6 Å². The maximum Gasteiger partial charge on any atom is 0.248 e. The lowest BCUT2D eigenvalue weighted by atomic mass is 10.2. The van der Waals surface area contributed by atoms with Gasteiger partial charge in [0.05, 0.1) is 17.6 Å². The molecule has 9 heteroatoms. The van der Waals surface area contributed by atoms with Gasteiger partial charge < -0.3 is 5.32 Å². The number of hydrogen-bond donors (Lipinski definition) is 1. The smallest absolute Gasteiger partial charge is 0.248 e. The number of carbonyl (C=O) groups is 1. The molecule has 0 aliphatic rings. The topological polar surface area (TPSA) is 97.2 Å². The van der Waals surface area contributed by atoms with Crippen LogP contribution in [0.4, 0.5) is 5.69 Å². The van der Waals surface area contributed by atoms with E-state index in [1.54, 1.807) is 17.0 Å². The summed E-state index contributed by atoms with van der Waals surface area (Å²) in [5.41, 5.74) is 2.15. The number of rotatable bonds is 7. The number of amides is 1. The molecular formula is C20H21N5O3S. The van der Waals surface area contributed by atoms with Crippen molar-refractivity contribution in [2.45, 2.75) is 11.4 Å². The molecule has 1 heterocycles. The Hall–Kier alpha value is -3.30. The lowest BCUT2D eigenvalue weighted by Crippen LogP contribution is -2.22. The molecule has 150 valence electrons. The van der Waals surface area contributed by atoms with Crippen LogP contribution in [0.25, 0.3) is 6.08 Å². The fourth-order valence-electron chi connectivity index (χ4n) is 2.50. The Bertz CT molecular complexity index is 1100. The van der Waals surface area contributed by atoms with Crippen LogP contribution in [0.5, 0.6) is 0 Å². The predicted molar refractivity (Wildman–Crippen MR) is 111 cm³/mol. The van der Waals surface area contributed by atoms with Crippen molar-refractivity contribution in [3.05, 3.63) is 78.1 Å². The number of benzene rings is 2. The average molecular weight is 411 g/mol. The number of hydrogen-bond acceptors (Lipinski definition) is 5. The van der Waals surface area contributed by atoms with Gasteiger partial charge in [-0.2, -0.15) is 0 Å². The molecule has 0 aliphatic carbocycles. The molecule has 0 bridgehead atoms. The fourth-order valence-corrected chi connectivity index (χ4v) is 3.41. The molecule has 0 saturated carbocycles. The van der Waals surface area contributed by atoms with Crippen LogP contribution in [0.2, 0.25) is 0 Å². The molecule has 29 heavy (non-hydrogen) atoms. The van der Waals surface area contributed by atoms with Crippen molar-refractivity contribution in [3.63, 3.8) is 0 Å². The summed E-state index contributed by atoms with van der Waals surface area (Å²) >= 11 is 0. The Morgan fingerprint density at radius 3 is 2.45 bits per heavy atom. The normalized spacial score (nSPS) is 11.8. The van der Waals surface area contributed by atoms with Gasteiger partial charge in [-0.25, -0.2) is 17.4 Å². The van der Waals surface area contributed by atoms with Crippen LogP contribution >= 0.6 is 0 Å². The molecule has 0 fully saturated rings. The van der Waals surface area contributed by atoms with Crippen LogP contribution in [0.15, 0.2) is 71.8 Å². The minimum Gasteiger partial charge on any atom is -0.323 e. The number of nitrogens with one attached hydrogen (secondary N) is 1. The highest BCUT2D eigenvalue weighted by Crippen LogP contribution is 2.16. The Labute approximate surface area is 169 Å². The maximum atomic E-state index is 12.1. The standard InChI is InChI=1S/C20H21N5O3S/c1-24(2)29(27,28)19-11-8-17(9-12-19)21-20(26)13-10-18-15-25(23-22-18)14-16-6-4-3-5-7-16/h3-13,15H,14H2,1-2H3,(H,21,26)/b13-10+. The number of carbonyl (C=O) groups excluding carboxylic acids is 1. The summed E-state index contributed by atoms with van der Waals surface area (Å²) in [6, 6.07) is 15.8. The molecule has 1 amide bonds. The molecule has 3 aromatic rings. The molecule has 1 N–H and O–H groups in total. The van der Waals surface area contributed by atoms with Gasteiger partial charge in [0.15, 0.2) is 0 Å². The van der Waals surface area contributed by atoms with Crippen LogP contribution in [-0.2, 0) is 21.4 Å². The first-order valence-electron chi connectivity index (χ1n) is 8.80. The van der Waals surface area contributed by atoms with E-state index in [1.165, 1.54) is 44.4 Å². The quantitative estimate of drug-likeness (QED) is 0.602. The second kappa shape index (κ2) is 8.80. The highest BCUT2D eigenvalue weighted by atomic mass is 32.2. The second-order valence-electron chi connectivity index (χ2n) is 6.46. The van der Waals surface area contributed by atoms with Gasteiger partial charge >= 0.3 is 0 Å². The van der Waals surface area contributed by atoms with Gasteiger partial charge in [0.2, 0.25) is 15.9 Å². The monoisotopic (exact) mass is 411 g/mol. The molecule has 0 aliphatic heterocycles. The number of aromatic nitrogens is 3. The lowest BCUT2D eigenvalue weighted by Gasteiger charge is -2.11. The summed E-state index contributed by atoms with van der Waals surface area (Å²) in [6.45, 7) is 0.593. The van der Waals surface area contributed by atoms with Gasteiger partial charge in [0, 0.05) is 25.9 Å². The molecule has 1 aromatic heterocycles. The minimum atomic E-state index is -3.50. The minimum absolute atomic E-state index is 0.158. The van der Waals surface area contributed by atoms with E-state index in [0.717, 1.165) is 9.87 Å². The Morgan fingerprint density at radius 2 is 1.79 bits per heavy atom. The summed E-state index contributed by atoms with van der Waals surface area (Å²) < 4.78 is 26.9. The molecule has 0 radical (unpaired) electrons. The highest BCUT2D eigenvalue weighted by Gasteiger charge is 2.16. The number of anilines is 1. The molecule has 0 atom stereocenters. The van der Waals surface area contributed by atoms with Crippen molar-refractivity contribution < 1.29 is 13.2 Å². The van der Waals surface area contributed by atoms with Gasteiger partial charge in [-0.05, 0) is 35.9 Å². The predicted octanol–water partition coefficient (Wildman–Crippen LogP) is 2.23. The van der Waals surface area contributed by atoms with Crippen molar-refractivity contribution in [2.24, 2.45) is 0 Å². The van der Waals surface area contributed by atoms with Crippen LogP contribution in [0, 0.1) is 0 Å². The second-order valence-corrected chi connectivity index (χ2v) is 8.61. The highest BCUT2D eigenvalue weighted by molar-refractivity contribution is 7.89. The first-order valence-corrected chi connectivity index (χ1v) is 10.2. The van der Waals surface area contributed by atoms with Gasteiger partial charge in [-0.3, -0.25) is 4.79 Å². The summed E-state index contributed by atoms with van der Waals surface area (Å²) in [5, 5.41) is 10.7. The van der Waals surface area contributed by atoms with Crippen LogP contribution in [0.1, 0.15) is 11.3 Å². The summed E-state index contributed by atoms with van der Waals surface area (Å²) in [6.07, 6.45) is 4.66. The van der Waals surface area contributed by atoms with E-state index in [1.807, 2.05) is 30.3 Å². The van der Waals surface area contributed by atoms with E-state index in [9.17, 15) is 13.2 Å². The first kappa shape index (κ1) is 20.4. The van der Waals surface area contributed by atoms with Crippen LogP contribution in [-0.4, -0.2) is 47.7 Å².